The quantitative estimate of drug-likeness (QED) is 0.506. The standard InChI is InChI=1S/C23H20N2O3/c1-25(15-16-9-11-17(27-2)12-10-16)23(26)19-14-21(22-8-5-13-28-22)24-20-7-4-3-6-18(19)20/h3-14H,15H2,1-2H3. The average molecular weight is 372 g/mol. The highest BCUT2D eigenvalue weighted by molar-refractivity contribution is 6.07. The van der Waals surface area contributed by atoms with Crippen LogP contribution in [0.4, 0.5) is 0 Å². The number of benzene rings is 2. The largest absolute Gasteiger partial charge is 0.497 e. The smallest absolute Gasteiger partial charge is 0.254 e. The van der Waals surface area contributed by atoms with E-state index in [0.717, 1.165) is 22.2 Å². The summed E-state index contributed by atoms with van der Waals surface area (Å²) in [5, 5.41) is 0.824. The van der Waals surface area contributed by atoms with Crippen LogP contribution in [0.5, 0.6) is 5.75 Å². The number of hydrogen-bond donors (Lipinski definition) is 0. The lowest BCUT2D eigenvalue weighted by Crippen LogP contribution is -2.26. The first-order valence-electron chi connectivity index (χ1n) is 8.98. The number of hydrogen-bond acceptors (Lipinski definition) is 4. The van der Waals surface area contributed by atoms with E-state index in [-0.39, 0.29) is 5.91 Å². The Hall–Kier alpha value is -3.60. The monoisotopic (exact) mass is 372 g/mol. The van der Waals surface area contributed by atoms with Gasteiger partial charge in [0, 0.05) is 19.0 Å². The van der Waals surface area contributed by atoms with Crippen LogP contribution >= 0.6 is 0 Å². The maximum Gasteiger partial charge on any atom is 0.254 e. The zero-order valence-corrected chi connectivity index (χ0v) is 15.8. The summed E-state index contributed by atoms with van der Waals surface area (Å²) in [5.41, 5.74) is 3.04. The van der Waals surface area contributed by atoms with Crippen molar-refractivity contribution in [2.45, 2.75) is 6.54 Å². The maximum absolute atomic E-state index is 13.3. The number of carbonyl (C=O) groups excluding carboxylic acids is 1. The lowest BCUT2D eigenvalue weighted by molar-refractivity contribution is 0.0787. The van der Waals surface area contributed by atoms with E-state index in [2.05, 4.69) is 4.98 Å². The van der Waals surface area contributed by atoms with E-state index in [1.165, 1.54) is 0 Å². The van der Waals surface area contributed by atoms with Crippen molar-refractivity contribution in [3.05, 3.63) is 84.1 Å². The van der Waals surface area contributed by atoms with Gasteiger partial charge in [0.2, 0.25) is 0 Å². The second-order valence-corrected chi connectivity index (χ2v) is 6.56. The Balaban J connectivity index is 1.69. The van der Waals surface area contributed by atoms with E-state index in [0.29, 0.717) is 23.6 Å². The van der Waals surface area contributed by atoms with E-state index in [4.69, 9.17) is 9.15 Å². The van der Waals surface area contributed by atoms with Crippen molar-refractivity contribution in [3.8, 4) is 17.2 Å². The van der Waals surface area contributed by atoms with Crippen molar-refractivity contribution in [3.63, 3.8) is 0 Å². The van der Waals surface area contributed by atoms with Gasteiger partial charge in [-0.05, 0) is 42.0 Å². The van der Waals surface area contributed by atoms with Crippen LogP contribution in [-0.4, -0.2) is 29.9 Å². The third-order valence-electron chi connectivity index (χ3n) is 4.65. The predicted molar refractivity (Wildman–Crippen MR) is 108 cm³/mol. The van der Waals surface area contributed by atoms with Crippen molar-refractivity contribution >= 4 is 16.8 Å². The zero-order chi connectivity index (χ0) is 19.5. The van der Waals surface area contributed by atoms with Gasteiger partial charge >= 0.3 is 0 Å². The number of furan rings is 1. The van der Waals surface area contributed by atoms with Gasteiger partial charge in [0.15, 0.2) is 5.76 Å². The molecule has 0 saturated heterocycles. The number of fused-ring (bicyclic) bond motifs is 1. The molecule has 0 N–H and O–H groups in total. The molecule has 140 valence electrons. The fourth-order valence-corrected chi connectivity index (χ4v) is 3.19. The Labute approximate surface area is 163 Å². The minimum atomic E-state index is -0.0674. The van der Waals surface area contributed by atoms with Crippen molar-refractivity contribution in [1.82, 2.24) is 9.88 Å². The van der Waals surface area contributed by atoms with Gasteiger partial charge < -0.3 is 14.1 Å². The molecule has 0 atom stereocenters. The minimum Gasteiger partial charge on any atom is -0.497 e. The number of para-hydroxylation sites is 1. The summed E-state index contributed by atoms with van der Waals surface area (Å²) in [7, 11) is 3.43. The number of rotatable bonds is 5. The summed E-state index contributed by atoms with van der Waals surface area (Å²) < 4.78 is 10.7. The number of carbonyl (C=O) groups is 1. The lowest BCUT2D eigenvalue weighted by atomic mass is 10.1. The van der Waals surface area contributed by atoms with Gasteiger partial charge in [0.25, 0.3) is 5.91 Å². The van der Waals surface area contributed by atoms with Crippen LogP contribution in [0.1, 0.15) is 15.9 Å². The molecule has 0 aliphatic rings. The second-order valence-electron chi connectivity index (χ2n) is 6.56. The molecule has 5 heteroatoms. The van der Waals surface area contributed by atoms with Crippen LogP contribution in [-0.2, 0) is 6.54 Å². The van der Waals surface area contributed by atoms with Crippen molar-refractivity contribution in [1.29, 1.82) is 0 Å². The molecule has 2 heterocycles. The molecular weight excluding hydrogens is 352 g/mol. The number of pyridine rings is 1. The van der Waals surface area contributed by atoms with Gasteiger partial charge in [-0.25, -0.2) is 4.98 Å². The summed E-state index contributed by atoms with van der Waals surface area (Å²) >= 11 is 0. The molecule has 0 unspecified atom stereocenters. The molecule has 2 aromatic carbocycles. The van der Waals surface area contributed by atoms with E-state index in [1.54, 1.807) is 31.4 Å². The summed E-state index contributed by atoms with van der Waals surface area (Å²) in [6.45, 7) is 0.496. The maximum atomic E-state index is 13.3. The Morgan fingerprint density at radius 3 is 2.57 bits per heavy atom. The Kier molecular flexibility index (Phi) is 4.81. The number of amides is 1. The normalized spacial score (nSPS) is 10.8. The summed E-state index contributed by atoms with van der Waals surface area (Å²) in [6.07, 6.45) is 1.60. The molecule has 4 rings (SSSR count). The van der Waals surface area contributed by atoms with Gasteiger partial charge in [-0.2, -0.15) is 0 Å². The number of methoxy groups -OCH3 is 1. The lowest BCUT2D eigenvalue weighted by Gasteiger charge is -2.19. The van der Waals surface area contributed by atoms with E-state index >= 15 is 0 Å². The Morgan fingerprint density at radius 2 is 1.86 bits per heavy atom. The molecule has 4 aromatic rings. The van der Waals surface area contributed by atoms with Crippen LogP contribution in [0.15, 0.2) is 77.4 Å². The van der Waals surface area contributed by atoms with Crippen LogP contribution in [0.25, 0.3) is 22.4 Å². The first kappa shape index (κ1) is 17.8. The molecule has 0 aliphatic heterocycles. The third-order valence-corrected chi connectivity index (χ3v) is 4.65. The molecule has 5 nitrogen and oxygen atoms in total. The molecule has 28 heavy (non-hydrogen) atoms. The second kappa shape index (κ2) is 7.56. The number of ether oxygens (including phenoxy) is 1. The van der Waals surface area contributed by atoms with Gasteiger partial charge in [0.05, 0.1) is 24.5 Å². The van der Waals surface area contributed by atoms with E-state index in [1.807, 2.05) is 60.7 Å². The van der Waals surface area contributed by atoms with E-state index < -0.39 is 0 Å². The topological polar surface area (TPSA) is 55.6 Å². The molecule has 1 amide bonds. The molecule has 0 fully saturated rings. The predicted octanol–water partition coefficient (Wildman–Crippen LogP) is 4.78. The highest BCUT2D eigenvalue weighted by Gasteiger charge is 2.18. The van der Waals surface area contributed by atoms with Gasteiger partial charge in [0.1, 0.15) is 11.4 Å². The van der Waals surface area contributed by atoms with Crippen molar-refractivity contribution in [2.24, 2.45) is 0 Å². The summed E-state index contributed by atoms with van der Waals surface area (Å²) in [4.78, 5) is 19.6. The molecule has 0 bridgehead atoms. The minimum absolute atomic E-state index is 0.0674. The number of nitrogens with zero attached hydrogens (tertiary/aromatic N) is 2. The average Bonchev–Trinajstić information content (AvgIpc) is 3.28. The Morgan fingerprint density at radius 1 is 1.07 bits per heavy atom. The van der Waals surface area contributed by atoms with Crippen molar-refractivity contribution < 1.29 is 13.9 Å². The molecule has 0 radical (unpaired) electrons. The summed E-state index contributed by atoms with van der Waals surface area (Å²) in [6, 6.07) is 20.8. The molecule has 0 saturated carbocycles. The van der Waals surface area contributed by atoms with Crippen molar-refractivity contribution in [2.75, 3.05) is 14.2 Å². The highest BCUT2D eigenvalue weighted by Crippen LogP contribution is 2.26. The van der Waals surface area contributed by atoms with Gasteiger partial charge in [-0.1, -0.05) is 30.3 Å². The fraction of sp³-hybridized carbons (Fsp3) is 0.130. The van der Waals surface area contributed by atoms with Crippen LogP contribution in [0.2, 0.25) is 0 Å². The van der Waals surface area contributed by atoms with Gasteiger partial charge in [-0.15, -0.1) is 0 Å². The van der Waals surface area contributed by atoms with Gasteiger partial charge in [-0.3, -0.25) is 4.79 Å². The molecular formula is C23H20N2O3. The zero-order valence-electron chi connectivity index (χ0n) is 15.8. The number of aromatic nitrogens is 1. The van der Waals surface area contributed by atoms with E-state index in [9.17, 15) is 4.79 Å². The van der Waals surface area contributed by atoms with Crippen LogP contribution in [0.3, 0.4) is 0 Å². The fourth-order valence-electron chi connectivity index (χ4n) is 3.19. The first-order chi connectivity index (χ1) is 13.7. The SMILES string of the molecule is COc1ccc(CN(C)C(=O)c2cc(-c3ccco3)nc3ccccc23)cc1. The Bertz CT molecular complexity index is 1100. The first-order valence-corrected chi connectivity index (χ1v) is 8.98. The van der Waals surface area contributed by atoms with Crippen LogP contribution < -0.4 is 4.74 Å². The van der Waals surface area contributed by atoms with Crippen LogP contribution in [0, 0.1) is 0 Å². The molecule has 2 aromatic heterocycles. The highest BCUT2D eigenvalue weighted by atomic mass is 16.5. The molecule has 0 aliphatic carbocycles. The molecule has 0 spiro atoms. The summed E-state index contributed by atoms with van der Waals surface area (Å²) in [5.74, 6) is 1.36. The third kappa shape index (κ3) is 3.47.